The number of anilines is 1. The molecule has 0 aliphatic carbocycles. The van der Waals surface area contributed by atoms with Gasteiger partial charge in [-0.3, -0.25) is 0 Å². The van der Waals surface area contributed by atoms with Crippen LogP contribution >= 0.6 is 11.5 Å². The lowest BCUT2D eigenvalue weighted by molar-refractivity contribution is 0.825. The summed E-state index contributed by atoms with van der Waals surface area (Å²) in [6, 6.07) is 8.96. The number of aromatic nitrogens is 2. The van der Waals surface area contributed by atoms with Crippen molar-refractivity contribution >= 4 is 22.2 Å². The van der Waals surface area contributed by atoms with Crippen LogP contribution in [0.25, 0.3) is 5.57 Å². The highest BCUT2D eigenvalue weighted by molar-refractivity contribution is 7.09. The molecule has 3 rings (SSSR count). The predicted octanol–water partition coefficient (Wildman–Crippen LogP) is 3.70. The third kappa shape index (κ3) is 2.75. The van der Waals surface area contributed by atoms with E-state index >= 15 is 0 Å². The minimum Gasteiger partial charge on any atom is -0.343 e. The standard InChI is InChI=1S/C16H19N3S/c1-3-13-4-6-14(7-5-13)15-8-10-19(11-9-15)16-17-12(2)18-20-16/h4-8H,3,9-11H2,1-2H3. The van der Waals surface area contributed by atoms with Crippen LogP contribution in [0, 0.1) is 6.92 Å². The molecule has 1 aromatic heterocycles. The molecule has 0 saturated heterocycles. The lowest BCUT2D eigenvalue weighted by Gasteiger charge is -2.25. The minimum atomic E-state index is 0.870. The Bertz CT molecular complexity index is 613. The van der Waals surface area contributed by atoms with Crippen molar-refractivity contribution in [2.75, 3.05) is 18.0 Å². The molecular weight excluding hydrogens is 266 g/mol. The molecule has 0 spiro atoms. The zero-order valence-electron chi connectivity index (χ0n) is 12.0. The molecule has 0 bridgehead atoms. The highest BCUT2D eigenvalue weighted by Gasteiger charge is 2.16. The van der Waals surface area contributed by atoms with Gasteiger partial charge < -0.3 is 4.90 Å². The summed E-state index contributed by atoms with van der Waals surface area (Å²) in [6.07, 6.45) is 4.49. The first-order valence-corrected chi connectivity index (χ1v) is 7.87. The smallest absolute Gasteiger partial charge is 0.205 e. The van der Waals surface area contributed by atoms with Crippen molar-refractivity contribution in [2.24, 2.45) is 0 Å². The Morgan fingerprint density at radius 3 is 2.60 bits per heavy atom. The summed E-state index contributed by atoms with van der Waals surface area (Å²) in [5.41, 5.74) is 4.21. The lowest BCUT2D eigenvalue weighted by Crippen LogP contribution is -2.28. The minimum absolute atomic E-state index is 0.870. The van der Waals surface area contributed by atoms with Crippen LogP contribution in [0.2, 0.25) is 0 Å². The molecule has 1 aliphatic heterocycles. The van der Waals surface area contributed by atoms with E-state index in [-0.39, 0.29) is 0 Å². The molecule has 0 unspecified atom stereocenters. The fraction of sp³-hybridized carbons (Fsp3) is 0.375. The van der Waals surface area contributed by atoms with Gasteiger partial charge in [-0.25, -0.2) is 4.98 Å². The maximum absolute atomic E-state index is 4.46. The van der Waals surface area contributed by atoms with E-state index in [2.05, 4.69) is 51.5 Å². The summed E-state index contributed by atoms with van der Waals surface area (Å²) < 4.78 is 4.26. The second kappa shape index (κ2) is 5.75. The van der Waals surface area contributed by atoms with Crippen LogP contribution in [0.3, 0.4) is 0 Å². The van der Waals surface area contributed by atoms with E-state index < -0.39 is 0 Å². The van der Waals surface area contributed by atoms with Crippen molar-refractivity contribution < 1.29 is 0 Å². The molecule has 0 fully saturated rings. The normalized spacial score (nSPS) is 15.3. The van der Waals surface area contributed by atoms with Crippen molar-refractivity contribution in [3.05, 3.63) is 47.3 Å². The topological polar surface area (TPSA) is 29.0 Å². The van der Waals surface area contributed by atoms with E-state index in [1.54, 1.807) is 0 Å². The third-order valence-electron chi connectivity index (χ3n) is 3.73. The van der Waals surface area contributed by atoms with Crippen molar-refractivity contribution in [1.29, 1.82) is 0 Å². The summed E-state index contributed by atoms with van der Waals surface area (Å²) >= 11 is 1.49. The van der Waals surface area contributed by atoms with Gasteiger partial charge in [0.2, 0.25) is 5.13 Å². The molecule has 20 heavy (non-hydrogen) atoms. The van der Waals surface area contributed by atoms with Gasteiger partial charge in [-0.1, -0.05) is 37.3 Å². The van der Waals surface area contributed by atoms with Gasteiger partial charge in [-0.2, -0.15) is 4.37 Å². The molecule has 3 nitrogen and oxygen atoms in total. The summed E-state index contributed by atoms with van der Waals surface area (Å²) in [5, 5.41) is 1.04. The van der Waals surface area contributed by atoms with Gasteiger partial charge in [-0.15, -0.1) is 0 Å². The van der Waals surface area contributed by atoms with E-state index in [0.29, 0.717) is 0 Å². The Labute approximate surface area is 124 Å². The van der Waals surface area contributed by atoms with E-state index in [4.69, 9.17) is 0 Å². The van der Waals surface area contributed by atoms with Crippen molar-refractivity contribution in [1.82, 2.24) is 9.36 Å². The molecule has 0 N–H and O–H groups in total. The first-order valence-electron chi connectivity index (χ1n) is 7.10. The van der Waals surface area contributed by atoms with Crippen LogP contribution < -0.4 is 4.90 Å². The first-order chi connectivity index (χ1) is 9.76. The number of hydrogen-bond acceptors (Lipinski definition) is 4. The van der Waals surface area contributed by atoms with Crippen LogP contribution in [0.15, 0.2) is 30.3 Å². The van der Waals surface area contributed by atoms with Gasteiger partial charge in [0, 0.05) is 24.6 Å². The highest BCUT2D eigenvalue weighted by Crippen LogP contribution is 2.26. The molecule has 1 aromatic carbocycles. The van der Waals surface area contributed by atoms with Crippen LogP contribution in [0.1, 0.15) is 30.3 Å². The molecule has 2 aromatic rings. The highest BCUT2D eigenvalue weighted by atomic mass is 32.1. The maximum atomic E-state index is 4.46. The van der Waals surface area contributed by atoms with Gasteiger partial charge in [-0.05, 0) is 36.5 Å². The van der Waals surface area contributed by atoms with Crippen molar-refractivity contribution in [3.8, 4) is 0 Å². The van der Waals surface area contributed by atoms with E-state index in [0.717, 1.165) is 36.9 Å². The molecule has 0 amide bonds. The summed E-state index contributed by atoms with van der Waals surface area (Å²) in [5.74, 6) is 0.870. The molecule has 2 heterocycles. The van der Waals surface area contributed by atoms with Crippen molar-refractivity contribution in [2.45, 2.75) is 26.7 Å². The van der Waals surface area contributed by atoms with Crippen LogP contribution in [-0.4, -0.2) is 22.4 Å². The Morgan fingerprint density at radius 2 is 2.05 bits per heavy atom. The zero-order valence-corrected chi connectivity index (χ0v) is 12.8. The number of rotatable bonds is 3. The molecule has 0 atom stereocenters. The molecule has 4 heteroatoms. The predicted molar refractivity (Wildman–Crippen MR) is 85.3 cm³/mol. The van der Waals surface area contributed by atoms with Crippen LogP contribution in [0.4, 0.5) is 5.13 Å². The molecule has 0 saturated carbocycles. The van der Waals surface area contributed by atoms with Gasteiger partial charge in [0.25, 0.3) is 0 Å². The van der Waals surface area contributed by atoms with Gasteiger partial charge in [0.1, 0.15) is 5.82 Å². The number of benzene rings is 1. The van der Waals surface area contributed by atoms with E-state index in [9.17, 15) is 0 Å². The molecule has 1 aliphatic rings. The lowest BCUT2D eigenvalue weighted by atomic mass is 9.98. The van der Waals surface area contributed by atoms with Crippen LogP contribution in [0.5, 0.6) is 0 Å². The summed E-state index contributed by atoms with van der Waals surface area (Å²) in [4.78, 5) is 6.76. The number of hydrogen-bond donors (Lipinski definition) is 0. The van der Waals surface area contributed by atoms with Gasteiger partial charge >= 0.3 is 0 Å². The Morgan fingerprint density at radius 1 is 1.25 bits per heavy atom. The number of nitrogens with zero attached hydrogens (tertiary/aromatic N) is 3. The van der Waals surface area contributed by atoms with Crippen LogP contribution in [-0.2, 0) is 6.42 Å². The Kier molecular flexibility index (Phi) is 3.83. The average molecular weight is 285 g/mol. The largest absolute Gasteiger partial charge is 0.343 e. The summed E-state index contributed by atoms with van der Waals surface area (Å²) in [6.45, 7) is 6.09. The zero-order chi connectivity index (χ0) is 13.9. The molecule has 104 valence electrons. The Balaban J connectivity index is 1.72. The quantitative estimate of drug-likeness (QED) is 0.861. The average Bonchev–Trinajstić information content (AvgIpc) is 2.94. The Hall–Kier alpha value is -1.68. The molecular formula is C16H19N3S. The van der Waals surface area contributed by atoms with E-state index in [1.165, 1.54) is 28.2 Å². The fourth-order valence-corrected chi connectivity index (χ4v) is 3.18. The molecule has 0 radical (unpaired) electrons. The first kappa shape index (κ1) is 13.3. The fourth-order valence-electron chi connectivity index (χ4n) is 2.47. The van der Waals surface area contributed by atoms with Gasteiger partial charge in [0.15, 0.2) is 0 Å². The third-order valence-corrected chi connectivity index (χ3v) is 4.60. The monoisotopic (exact) mass is 285 g/mol. The number of aryl methyl sites for hydroxylation is 2. The second-order valence-corrected chi connectivity index (χ2v) is 5.83. The van der Waals surface area contributed by atoms with Gasteiger partial charge in [0.05, 0.1) is 0 Å². The maximum Gasteiger partial charge on any atom is 0.205 e. The van der Waals surface area contributed by atoms with E-state index in [1.807, 2.05) is 6.92 Å². The summed E-state index contributed by atoms with van der Waals surface area (Å²) in [7, 11) is 0. The second-order valence-electron chi connectivity index (χ2n) is 5.10. The SMILES string of the molecule is CCc1ccc(C2=CCN(c3nc(C)ns3)CC2)cc1. The van der Waals surface area contributed by atoms with Crippen molar-refractivity contribution in [3.63, 3.8) is 0 Å².